The summed E-state index contributed by atoms with van der Waals surface area (Å²) >= 11 is 5.83. The highest BCUT2D eigenvalue weighted by molar-refractivity contribution is 6.45. The van der Waals surface area contributed by atoms with E-state index in [0.717, 1.165) is 0 Å². The van der Waals surface area contributed by atoms with E-state index >= 15 is 0 Å². The van der Waals surface area contributed by atoms with Gasteiger partial charge in [-0.05, 0) is 13.0 Å². The summed E-state index contributed by atoms with van der Waals surface area (Å²) in [7, 11) is 1.37. The van der Waals surface area contributed by atoms with Gasteiger partial charge in [-0.3, -0.25) is 4.79 Å². The predicted octanol–water partition coefficient (Wildman–Crippen LogP) is 1.49. The topological polar surface area (TPSA) is 65.5 Å². The zero-order valence-corrected chi connectivity index (χ0v) is 9.58. The molecule has 1 aromatic heterocycles. The Morgan fingerprint density at radius 3 is 2.75 bits per heavy atom. The first-order valence-electron chi connectivity index (χ1n) is 4.51. The van der Waals surface area contributed by atoms with Crippen LogP contribution in [0.15, 0.2) is 12.3 Å². The van der Waals surface area contributed by atoms with E-state index in [9.17, 15) is 9.59 Å². The van der Waals surface area contributed by atoms with Gasteiger partial charge in [0, 0.05) is 6.20 Å². The number of ether oxygens (including phenoxy) is 2. The van der Waals surface area contributed by atoms with Gasteiger partial charge < -0.3 is 9.47 Å². The Kier molecular flexibility index (Phi) is 4.25. The Labute approximate surface area is 97.3 Å². The average Bonchev–Trinajstić information content (AvgIpc) is 2.29. The maximum Gasteiger partial charge on any atom is 0.379 e. The van der Waals surface area contributed by atoms with E-state index in [2.05, 4.69) is 9.72 Å². The molecule has 0 aliphatic rings. The highest BCUT2D eigenvalue weighted by Gasteiger charge is 2.22. The molecule has 0 aromatic carbocycles. The lowest BCUT2D eigenvalue weighted by Crippen LogP contribution is -2.18. The molecule has 0 aliphatic carbocycles. The van der Waals surface area contributed by atoms with E-state index in [4.69, 9.17) is 16.3 Å². The fourth-order valence-electron chi connectivity index (χ4n) is 1.05. The normalized spacial score (nSPS) is 9.69. The average molecular weight is 244 g/mol. The predicted molar refractivity (Wildman–Crippen MR) is 56.8 cm³/mol. The van der Waals surface area contributed by atoms with Gasteiger partial charge in [-0.2, -0.15) is 0 Å². The number of nitrogens with zero attached hydrogens (tertiary/aromatic N) is 1. The maximum absolute atomic E-state index is 11.6. The number of hydrogen-bond acceptors (Lipinski definition) is 5. The van der Waals surface area contributed by atoms with Crippen LogP contribution in [0, 0.1) is 0 Å². The number of ketones is 1. The van der Waals surface area contributed by atoms with Crippen molar-refractivity contribution in [3.8, 4) is 5.88 Å². The van der Waals surface area contributed by atoms with Crippen molar-refractivity contribution in [3.05, 3.63) is 22.8 Å². The fraction of sp³-hybridized carbons (Fsp3) is 0.300. The smallest absolute Gasteiger partial charge is 0.379 e. The van der Waals surface area contributed by atoms with Crippen molar-refractivity contribution in [1.29, 1.82) is 0 Å². The Morgan fingerprint density at radius 1 is 1.50 bits per heavy atom. The van der Waals surface area contributed by atoms with E-state index in [1.165, 1.54) is 19.4 Å². The molecule has 0 atom stereocenters. The molecule has 1 heterocycles. The molecule has 16 heavy (non-hydrogen) atoms. The van der Waals surface area contributed by atoms with Crippen molar-refractivity contribution in [1.82, 2.24) is 4.98 Å². The fourth-order valence-corrected chi connectivity index (χ4v) is 1.32. The SMILES string of the molecule is CCOC(=O)C(=O)c1ccnc(OC)c1Cl. The summed E-state index contributed by atoms with van der Waals surface area (Å²) in [6, 6.07) is 1.34. The minimum absolute atomic E-state index is 0.00283. The van der Waals surface area contributed by atoms with Crippen molar-refractivity contribution >= 4 is 23.4 Å². The van der Waals surface area contributed by atoms with Gasteiger partial charge in [-0.1, -0.05) is 11.6 Å². The molecule has 1 aromatic rings. The molecule has 5 nitrogen and oxygen atoms in total. The Morgan fingerprint density at radius 2 is 2.19 bits per heavy atom. The lowest BCUT2D eigenvalue weighted by molar-refractivity contribution is -0.137. The van der Waals surface area contributed by atoms with Crippen molar-refractivity contribution in [2.45, 2.75) is 6.92 Å². The van der Waals surface area contributed by atoms with Crippen LogP contribution < -0.4 is 4.74 Å². The number of Topliss-reactive ketones (excluding diaryl/α,β-unsaturated/α-hetero) is 1. The summed E-state index contributed by atoms with van der Waals surface area (Å²) in [6.45, 7) is 1.74. The minimum atomic E-state index is -0.947. The molecule has 0 aliphatic heterocycles. The summed E-state index contributed by atoms with van der Waals surface area (Å²) in [5.41, 5.74) is 0.0203. The quantitative estimate of drug-likeness (QED) is 0.455. The molecule has 1 rings (SSSR count). The molecule has 0 N–H and O–H groups in total. The minimum Gasteiger partial charge on any atom is -0.480 e. The van der Waals surface area contributed by atoms with Crippen molar-refractivity contribution < 1.29 is 19.1 Å². The number of esters is 1. The largest absolute Gasteiger partial charge is 0.480 e. The lowest BCUT2D eigenvalue weighted by atomic mass is 10.2. The first kappa shape index (κ1) is 12.4. The molecule has 0 saturated heterocycles. The van der Waals surface area contributed by atoms with Crippen LogP contribution >= 0.6 is 11.6 Å². The number of methoxy groups -OCH3 is 1. The molecule has 0 saturated carbocycles. The van der Waals surface area contributed by atoms with Gasteiger partial charge in [0.2, 0.25) is 5.88 Å². The molecular weight excluding hydrogens is 234 g/mol. The molecule has 0 spiro atoms. The van der Waals surface area contributed by atoms with Gasteiger partial charge >= 0.3 is 5.97 Å². The monoisotopic (exact) mass is 243 g/mol. The van der Waals surface area contributed by atoms with Crippen molar-refractivity contribution in [2.24, 2.45) is 0 Å². The first-order valence-corrected chi connectivity index (χ1v) is 4.89. The van der Waals surface area contributed by atoms with Crippen molar-refractivity contribution in [2.75, 3.05) is 13.7 Å². The number of rotatable bonds is 4. The van der Waals surface area contributed by atoms with Crippen LogP contribution in [-0.4, -0.2) is 30.5 Å². The zero-order chi connectivity index (χ0) is 12.1. The second-order valence-corrected chi connectivity index (χ2v) is 3.11. The second-order valence-electron chi connectivity index (χ2n) is 2.73. The van der Waals surface area contributed by atoms with Crippen molar-refractivity contribution in [3.63, 3.8) is 0 Å². The highest BCUT2D eigenvalue weighted by Crippen LogP contribution is 2.25. The Bertz CT molecular complexity index is 419. The van der Waals surface area contributed by atoms with Gasteiger partial charge in [0.1, 0.15) is 5.02 Å². The van der Waals surface area contributed by atoms with Crippen LogP contribution in [-0.2, 0) is 9.53 Å². The summed E-state index contributed by atoms with van der Waals surface area (Å²) in [5.74, 6) is -1.66. The van der Waals surface area contributed by atoms with Crippen LogP contribution in [0.1, 0.15) is 17.3 Å². The lowest BCUT2D eigenvalue weighted by Gasteiger charge is -2.05. The molecule has 0 unspecified atom stereocenters. The zero-order valence-electron chi connectivity index (χ0n) is 8.82. The van der Waals surface area contributed by atoms with Crippen LogP contribution in [0.3, 0.4) is 0 Å². The summed E-state index contributed by atoms with van der Waals surface area (Å²) in [6.07, 6.45) is 1.33. The highest BCUT2D eigenvalue weighted by atomic mass is 35.5. The standard InChI is InChI=1S/C10H10ClNO4/c1-3-16-10(14)8(13)6-4-5-12-9(15-2)7(6)11/h4-5H,3H2,1-2H3. The third-order valence-electron chi connectivity index (χ3n) is 1.76. The molecule has 0 amide bonds. The van der Waals surface area contributed by atoms with E-state index in [1.807, 2.05) is 0 Å². The maximum atomic E-state index is 11.6. The summed E-state index contributed by atoms with van der Waals surface area (Å²) < 4.78 is 9.41. The van der Waals surface area contributed by atoms with Gasteiger partial charge in [-0.15, -0.1) is 0 Å². The first-order chi connectivity index (χ1) is 7.61. The van der Waals surface area contributed by atoms with E-state index in [1.54, 1.807) is 6.92 Å². The number of pyridine rings is 1. The van der Waals surface area contributed by atoms with Gasteiger partial charge in [0.25, 0.3) is 5.78 Å². The molecule has 6 heteroatoms. The van der Waals surface area contributed by atoms with Gasteiger partial charge in [0.05, 0.1) is 19.3 Å². The Balaban J connectivity index is 3.04. The number of carbonyl (C=O) groups is 2. The molecular formula is C10H10ClNO4. The third-order valence-corrected chi connectivity index (χ3v) is 2.12. The van der Waals surface area contributed by atoms with Crippen LogP contribution in [0.25, 0.3) is 0 Å². The number of carbonyl (C=O) groups excluding carboxylic acids is 2. The third kappa shape index (κ3) is 2.49. The van der Waals surface area contributed by atoms with E-state index in [-0.39, 0.29) is 23.1 Å². The molecule has 0 radical (unpaired) electrons. The summed E-state index contributed by atoms with van der Waals surface area (Å²) in [4.78, 5) is 26.6. The number of aromatic nitrogens is 1. The van der Waals surface area contributed by atoms with E-state index < -0.39 is 11.8 Å². The van der Waals surface area contributed by atoms with Crippen LogP contribution in [0.2, 0.25) is 5.02 Å². The van der Waals surface area contributed by atoms with Gasteiger partial charge in [0.15, 0.2) is 0 Å². The second kappa shape index (κ2) is 5.46. The molecule has 0 fully saturated rings. The summed E-state index contributed by atoms with van der Waals surface area (Å²) in [5, 5.41) is 0.00283. The van der Waals surface area contributed by atoms with Gasteiger partial charge in [-0.25, -0.2) is 9.78 Å². The molecule has 86 valence electrons. The van der Waals surface area contributed by atoms with Crippen LogP contribution in [0.5, 0.6) is 5.88 Å². The number of hydrogen-bond donors (Lipinski definition) is 0. The Hall–Kier alpha value is -1.62. The van der Waals surface area contributed by atoms with Crippen LogP contribution in [0.4, 0.5) is 0 Å². The van der Waals surface area contributed by atoms with E-state index in [0.29, 0.717) is 0 Å². The molecule has 0 bridgehead atoms. The number of halogens is 1.